The Morgan fingerprint density at radius 3 is 3.07 bits per heavy atom. The Bertz CT molecular complexity index is 336. The third-order valence-electron chi connectivity index (χ3n) is 3.48. The van der Waals surface area contributed by atoms with Crippen molar-refractivity contribution in [3.8, 4) is 0 Å². The van der Waals surface area contributed by atoms with Gasteiger partial charge in [-0.3, -0.25) is 0 Å². The molecule has 0 saturated carbocycles. The molecule has 2 atom stereocenters. The number of hydrogen-bond acceptors (Lipinski definition) is 3. The maximum absolute atomic E-state index is 6.31. The summed E-state index contributed by atoms with van der Waals surface area (Å²) in [6.45, 7) is 2.85. The molecule has 2 unspecified atom stereocenters. The van der Waals surface area contributed by atoms with Gasteiger partial charge in [-0.15, -0.1) is 0 Å². The average molecular weight is 209 g/mol. The van der Waals surface area contributed by atoms with Crippen molar-refractivity contribution in [2.45, 2.75) is 37.8 Å². The maximum Gasteiger partial charge on any atom is 0.108 e. The number of rotatable bonds is 3. The molecule has 0 amide bonds. The monoisotopic (exact) mass is 209 g/mol. The largest absolute Gasteiger partial charge is 0.377 e. The fourth-order valence-corrected chi connectivity index (χ4v) is 2.11. The van der Waals surface area contributed by atoms with Crippen molar-refractivity contribution in [3.05, 3.63) is 18.2 Å². The predicted octanol–water partition coefficient (Wildman–Crippen LogP) is 0.859. The molecule has 0 spiro atoms. The van der Waals surface area contributed by atoms with E-state index in [1.807, 2.05) is 24.0 Å². The lowest BCUT2D eigenvalue weighted by Crippen LogP contribution is -2.46. The second kappa shape index (κ2) is 3.94. The third-order valence-corrected chi connectivity index (χ3v) is 3.48. The molecule has 1 aliphatic heterocycles. The van der Waals surface area contributed by atoms with Crippen LogP contribution in [0.25, 0.3) is 0 Å². The van der Waals surface area contributed by atoms with Crippen LogP contribution in [0.2, 0.25) is 0 Å². The van der Waals surface area contributed by atoms with Crippen molar-refractivity contribution in [3.63, 3.8) is 0 Å². The summed E-state index contributed by atoms with van der Waals surface area (Å²) in [5.74, 6) is 1.10. The van der Waals surface area contributed by atoms with Crippen LogP contribution in [0.1, 0.15) is 25.6 Å². The van der Waals surface area contributed by atoms with Crippen LogP contribution in [-0.2, 0) is 18.2 Å². The molecule has 4 heteroatoms. The van der Waals surface area contributed by atoms with E-state index in [4.69, 9.17) is 10.5 Å². The van der Waals surface area contributed by atoms with Gasteiger partial charge in [0.05, 0.1) is 6.10 Å². The van der Waals surface area contributed by atoms with E-state index in [0.717, 1.165) is 31.7 Å². The van der Waals surface area contributed by atoms with Crippen LogP contribution < -0.4 is 5.73 Å². The third kappa shape index (κ3) is 2.06. The summed E-state index contributed by atoms with van der Waals surface area (Å²) in [5.41, 5.74) is 6.15. The lowest BCUT2D eigenvalue weighted by molar-refractivity contribution is 0.0928. The first-order valence-electron chi connectivity index (χ1n) is 5.48. The van der Waals surface area contributed by atoms with Crippen LogP contribution in [0.3, 0.4) is 0 Å². The van der Waals surface area contributed by atoms with Gasteiger partial charge in [0.15, 0.2) is 0 Å². The number of nitrogens with two attached hydrogens (primary N) is 1. The highest BCUT2D eigenvalue weighted by atomic mass is 16.5. The first-order valence-corrected chi connectivity index (χ1v) is 5.48. The van der Waals surface area contributed by atoms with Crippen LogP contribution in [0, 0.1) is 0 Å². The SMILES string of the molecule is CC1OCCC1(N)CCc1nccn1C. The minimum atomic E-state index is -0.161. The predicted molar refractivity (Wildman–Crippen MR) is 58.5 cm³/mol. The summed E-state index contributed by atoms with van der Waals surface area (Å²) in [6, 6.07) is 0. The molecule has 15 heavy (non-hydrogen) atoms. The summed E-state index contributed by atoms with van der Waals surface area (Å²) in [6.07, 6.45) is 6.78. The molecule has 1 fully saturated rings. The van der Waals surface area contributed by atoms with E-state index in [9.17, 15) is 0 Å². The lowest BCUT2D eigenvalue weighted by Gasteiger charge is -2.27. The molecule has 1 saturated heterocycles. The number of hydrogen-bond donors (Lipinski definition) is 1. The first kappa shape index (κ1) is 10.6. The quantitative estimate of drug-likeness (QED) is 0.803. The molecule has 1 aromatic rings. The molecule has 1 aliphatic rings. The minimum Gasteiger partial charge on any atom is -0.377 e. The Morgan fingerprint density at radius 1 is 1.73 bits per heavy atom. The number of aromatic nitrogens is 2. The van der Waals surface area contributed by atoms with E-state index in [1.165, 1.54) is 0 Å². The van der Waals surface area contributed by atoms with Gasteiger partial charge in [-0.05, 0) is 19.8 Å². The van der Waals surface area contributed by atoms with Crippen LogP contribution in [0.5, 0.6) is 0 Å². The highest BCUT2D eigenvalue weighted by Gasteiger charge is 2.37. The van der Waals surface area contributed by atoms with Crippen LogP contribution in [0.4, 0.5) is 0 Å². The fourth-order valence-electron chi connectivity index (χ4n) is 2.11. The van der Waals surface area contributed by atoms with Gasteiger partial charge in [-0.25, -0.2) is 4.98 Å². The van der Waals surface area contributed by atoms with E-state index in [1.54, 1.807) is 0 Å². The van der Waals surface area contributed by atoms with Crippen molar-refractivity contribution >= 4 is 0 Å². The van der Waals surface area contributed by atoms with Crippen molar-refractivity contribution in [2.24, 2.45) is 12.8 Å². The van der Waals surface area contributed by atoms with E-state index >= 15 is 0 Å². The topological polar surface area (TPSA) is 53.1 Å². The number of ether oxygens (including phenoxy) is 1. The zero-order valence-corrected chi connectivity index (χ0v) is 9.44. The van der Waals surface area contributed by atoms with Crippen molar-refractivity contribution in [1.29, 1.82) is 0 Å². The highest BCUT2D eigenvalue weighted by Crippen LogP contribution is 2.27. The molecule has 0 aromatic carbocycles. The van der Waals surface area contributed by atoms with Crippen molar-refractivity contribution in [2.75, 3.05) is 6.61 Å². The Balaban J connectivity index is 1.96. The van der Waals surface area contributed by atoms with Gasteiger partial charge in [0.2, 0.25) is 0 Å². The second-order valence-corrected chi connectivity index (χ2v) is 4.45. The van der Waals surface area contributed by atoms with Gasteiger partial charge < -0.3 is 15.0 Å². The molecule has 2 N–H and O–H groups in total. The molecule has 2 rings (SSSR count). The maximum atomic E-state index is 6.31. The fraction of sp³-hybridized carbons (Fsp3) is 0.727. The summed E-state index contributed by atoms with van der Waals surface area (Å²) in [4.78, 5) is 4.30. The second-order valence-electron chi connectivity index (χ2n) is 4.45. The number of nitrogens with zero attached hydrogens (tertiary/aromatic N) is 2. The Kier molecular flexibility index (Phi) is 2.80. The minimum absolute atomic E-state index is 0.161. The molecular formula is C11H19N3O. The van der Waals surface area contributed by atoms with Gasteiger partial charge in [0.25, 0.3) is 0 Å². The Hall–Kier alpha value is -0.870. The first-order chi connectivity index (χ1) is 7.12. The zero-order chi connectivity index (χ0) is 10.9. The Morgan fingerprint density at radius 2 is 2.53 bits per heavy atom. The standard InChI is InChI=1S/C11H19N3O/c1-9-11(12,5-8-15-9)4-3-10-13-6-7-14(10)2/h6-7,9H,3-5,8,12H2,1-2H3. The molecule has 0 aliphatic carbocycles. The molecule has 1 aromatic heterocycles. The van der Waals surface area contributed by atoms with Gasteiger partial charge in [0.1, 0.15) is 5.82 Å². The molecule has 4 nitrogen and oxygen atoms in total. The van der Waals surface area contributed by atoms with Gasteiger partial charge >= 0.3 is 0 Å². The summed E-state index contributed by atoms with van der Waals surface area (Å²) < 4.78 is 7.56. The molecular weight excluding hydrogens is 190 g/mol. The van der Waals surface area contributed by atoms with Gasteiger partial charge in [0, 0.05) is 38.0 Å². The van der Waals surface area contributed by atoms with E-state index < -0.39 is 0 Å². The van der Waals surface area contributed by atoms with Crippen molar-refractivity contribution in [1.82, 2.24) is 9.55 Å². The van der Waals surface area contributed by atoms with Crippen LogP contribution in [-0.4, -0.2) is 27.8 Å². The van der Waals surface area contributed by atoms with Crippen LogP contribution in [0.15, 0.2) is 12.4 Å². The summed E-state index contributed by atoms with van der Waals surface area (Å²) in [5, 5.41) is 0. The molecule has 2 heterocycles. The molecule has 0 bridgehead atoms. The zero-order valence-electron chi connectivity index (χ0n) is 9.44. The van der Waals surface area contributed by atoms with E-state index in [2.05, 4.69) is 11.9 Å². The van der Waals surface area contributed by atoms with Gasteiger partial charge in [-0.2, -0.15) is 0 Å². The number of aryl methyl sites for hydroxylation is 2. The van der Waals surface area contributed by atoms with Gasteiger partial charge in [-0.1, -0.05) is 0 Å². The average Bonchev–Trinajstić information content (AvgIpc) is 2.73. The van der Waals surface area contributed by atoms with E-state index in [0.29, 0.717) is 0 Å². The van der Waals surface area contributed by atoms with E-state index in [-0.39, 0.29) is 11.6 Å². The summed E-state index contributed by atoms with van der Waals surface area (Å²) in [7, 11) is 2.01. The number of imidazole rings is 1. The Labute approximate surface area is 90.4 Å². The summed E-state index contributed by atoms with van der Waals surface area (Å²) >= 11 is 0. The molecule has 84 valence electrons. The smallest absolute Gasteiger partial charge is 0.108 e. The lowest BCUT2D eigenvalue weighted by atomic mass is 9.88. The van der Waals surface area contributed by atoms with Crippen LogP contribution >= 0.6 is 0 Å². The highest BCUT2D eigenvalue weighted by molar-refractivity contribution is 4.99. The normalized spacial score (nSPS) is 31.0. The van der Waals surface area contributed by atoms with Crippen molar-refractivity contribution < 1.29 is 4.74 Å². The molecule has 0 radical (unpaired) electrons.